The lowest BCUT2D eigenvalue weighted by Gasteiger charge is -2.11. The highest BCUT2D eigenvalue weighted by molar-refractivity contribution is 5.91. The number of amides is 1. The summed E-state index contributed by atoms with van der Waals surface area (Å²) in [5, 5.41) is 6.25. The molecule has 0 heterocycles. The predicted octanol–water partition coefficient (Wildman–Crippen LogP) is 5.01. The van der Waals surface area contributed by atoms with Gasteiger partial charge in [-0.1, -0.05) is 42.5 Å². The second-order valence-corrected chi connectivity index (χ2v) is 5.94. The van der Waals surface area contributed by atoms with Crippen LogP contribution in [-0.4, -0.2) is 13.0 Å². The maximum absolute atomic E-state index is 12.1. The van der Waals surface area contributed by atoms with Crippen molar-refractivity contribution < 1.29 is 9.53 Å². The van der Waals surface area contributed by atoms with Crippen molar-refractivity contribution in [2.24, 2.45) is 0 Å². The zero-order chi connectivity index (χ0) is 18.2. The number of aryl methyl sites for hydroxylation is 1. The Morgan fingerprint density at radius 1 is 0.846 bits per heavy atom. The molecule has 0 atom stereocenters. The molecule has 0 fully saturated rings. The molecule has 4 heteroatoms. The van der Waals surface area contributed by atoms with E-state index in [4.69, 9.17) is 4.74 Å². The van der Waals surface area contributed by atoms with Crippen LogP contribution in [0.2, 0.25) is 0 Å². The largest absolute Gasteiger partial charge is 0.495 e. The van der Waals surface area contributed by atoms with Crippen molar-refractivity contribution in [1.29, 1.82) is 0 Å². The van der Waals surface area contributed by atoms with Crippen LogP contribution >= 0.6 is 0 Å². The van der Waals surface area contributed by atoms with Gasteiger partial charge < -0.3 is 15.4 Å². The van der Waals surface area contributed by atoms with Crippen LogP contribution in [0.1, 0.15) is 12.0 Å². The molecule has 2 N–H and O–H groups in total. The van der Waals surface area contributed by atoms with Gasteiger partial charge in [-0.15, -0.1) is 0 Å². The Balaban J connectivity index is 1.55. The highest BCUT2D eigenvalue weighted by Crippen LogP contribution is 2.27. The summed E-state index contributed by atoms with van der Waals surface area (Å²) >= 11 is 0. The van der Waals surface area contributed by atoms with Crippen LogP contribution in [0.5, 0.6) is 5.75 Å². The fraction of sp³-hybridized carbons (Fsp3) is 0.136. The number of hydrogen-bond donors (Lipinski definition) is 2. The van der Waals surface area contributed by atoms with Gasteiger partial charge in [0.15, 0.2) is 0 Å². The molecule has 0 aliphatic rings. The van der Waals surface area contributed by atoms with Gasteiger partial charge in [-0.3, -0.25) is 4.79 Å². The molecule has 0 bridgehead atoms. The fourth-order valence-electron chi connectivity index (χ4n) is 2.67. The third kappa shape index (κ3) is 4.86. The lowest BCUT2D eigenvalue weighted by Crippen LogP contribution is -2.12. The predicted molar refractivity (Wildman–Crippen MR) is 106 cm³/mol. The smallest absolute Gasteiger partial charge is 0.224 e. The van der Waals surface area contributed by atoms with Gasteiger partial charge in [-0.25, -0.2) is 0 Å². The summed E-state index contributed by atoms with van der Waals surface area (Å²) in [5.41, 5.74) is 3.78. The normalized spacial score (nSPS) is 10.2. The standard InChI is InChI=1S/C22H22N2O2/c1-26-21-10-6-5-9-20(21)23-18-12-14-19(15-13-18)24-22(25)16-11-17-7-3-2-4-8-17/h2-10,12-15,23H,11,16H2,1H3,(H,24,25). The first kappa shape index (κ1) is 17.5. The van der Waals surface area contributed by atoms with E-state index in [1.54, 1.807) is 7.11 Å². The van der Waals surface area contributed by atoms with Crippen LogP contribution in [0.15, 0.2) is 78.9 Å². The summed E-state index contributed by atoms with van der Waals surface area (Å²) in [4.78, 5) is 12.1. The third-order valence-corrected chi connectivity index (χ3v) is 4.04. The lowest BCUT2D eigenvalue weighted by molar-refractivity contribution is -0.116. The zero-order valence-corrected chi connectivity index (χ0v) is 14.7. The first-order valence-electron chi connectivity index (χ1n) is 8.58. The minimum atomic E-state index is 0.0132. The van der Waals surface area contributed by atoms with Crippen molar-refractivity contribution in [3.8, 4) is 5.75 Å². The van der Waals surface area contributed by atoms with Crippen molar-refractivity contribution >= 4 is 23.0 Å². The minimum Gasteiger partial charge on any atom is -0.495 e. The van der Waals surface area contributed by atoms with Crippen molar-refractivity contribution in [3.05, 3.63) is 84.4 Å². The monoisotopic (exact) mass is 346 g/mol. The Morgan fingerprint density at radius 3 is 2.23 bits per heavy atom. The summed E-state index contributed by atoms with van der Waals surface area (Å²) in [7, 11) is 1.65. The van der Waals surface area contributed by atoms with E-state index in [9.17, 15) is 4.79 Å². The fourth-order valence-corrected chi connectivity index (χ4v) is 2.67. The molecular formula is C22H22N2O2. The summed E-state index contributed by atoms with van der Waals surface area (Å²) in [6.45, 7) is 0. The molecule has 3 rings (SSSR count). The van der Waals surface area contributed by atoms with Gasteiger partial charge in [0.25, 0.3) is 0 Å². The van der Waals surface area contributed by atoms with E-state index in [0.29, 0.717) is 6.42 Å². The number of rotatable bonds is 7. The number of hydrogen-bond acceptors (Lipinski definition) is 3. The molecule has 0 unspecified atom stereocenters. The van der Waals surface area contributed by atoms with Crippen LogP contribution in [0.4, 0.5) is 17.1 Å². The van der Waals surface area contributed by atoms with E-state index >= 15 is 0 Å². The van der Waals surface area contributed by atoms with E-state index < -0.39 is 0 Å². The summed E-state index contributed by atoms with van der Waals surface area (Å²) in [6.07, 6.45) is 1.20. The topological polar surface area (TPSA) is 50.4 Å². The van der Waals surface area contributed by atoms with E-state index in [1.165, 1.54) is 5.56 Å². The molecule has 3 aromatic rings. The maximum atomic E-state index is 12.1. The minimum absolute atomic E-state index is 0.0132. The van der Waals surface area contributed by atoms with Gasteiger partial charge >= 0.3 is 0 Å². The number of carbonyl (C=O) groups is 1. The molecule has 0 aliphatic carbocycles. The molecule has 0 saturated carbocycles. The molecule has 0 aliphatic heterocycles. The number of para-hydroxylation sites is 2. The Labute approximate surface area is 153 Å². The van der Waals surface area contributed by atoms with Gasteiger partial charge in [0.2, 0.25) is 5.91 Å². The molecule has 0 radical (unpaired) electrons. The summed E-state index contributed by atoms with van der Waals surface area (Å²) in [6, 6.07) is 25.4. The number of methoxy groups -OCH3 is 1. The van der Waals surface area contributed by atoms with Crippen molar-refractivity contribution in [2.45, 2.75) is 12.8 Å². The SMILES string of the molecule is COc1ccccc1Nc1ccc(NC(=O)CCc2ccccc2)cc1. The summed E-state index contributed by atoms with van der Waals surface area (Å²) in [5.74, 6) is 0.796. The van der Waals surface area contributed by atoms with Crippen LogP contribution in [0, 0.1) is 0 Å². The van der Waals surface area contributed by atoms with Gasteiger partial charge in [0.05, 0.1) is 12.8 Å². The Bertz CT molecular complexity index is 846. The van der Waals surface area contributed by atoms with Gasteiger partial charge in [0, 0.05) is 17.8 Å². The average molecular weight is 346 g/mol. The van der Waals surface area contributed by atoms with Crippen LogP contribution < -0.4 is 15.4 Å². The second-order valence-electron chi connectivity index (χ2n) is 5.94. The van der Waals surface area contributed by atoms with Gasteiger partial charge in [-0.2, -0.15) is 0 Å². The first-order chi connectivity index (χ1) is 12.7. The second kappa shape index (κ2) is 8.72. The van der Waals surface area contributed by atoms with Crippen LogP contribution in [0.25, 0.3) is 0 Å². The number of anilines is 3. The van der Waals surface area contributed by atoms with E-state index in [1.807, 2.05) is 78.9 Å². The van der Waals surface area contributed by atoms with Crippen molar-refractivity contribution in [1.82, 2.24) is 0 Å². The van der Waals surface area contributed by atoms with E-state index in [2.05, 4.69) is 10.6 Å². The quantitative estimate of drug-likeness (QED) is 0.632. The van der Waals surface area contributed by atoms with E-state index in [0.717, 1.165) is 29.2 Å². The molecule has 0 saturated heterocycles. The molecule has 132 valence electrons. The molecule has 26 heavy (non-hydrogen) atoms. The Hall–Kier alpha value is -3.27. The Kier molecular flexibility index (Phi) is 5.88. The molecular weight excluding hydrogens is 324 g/mol. The molecule has 0 spiro atoms. The highest BCUT2D eigenvalue weighted by atomic mass is 16.5. The molecule has 4 nitrogen and oxygen atoms in total. The Morgan fingerprint density at radius 2 is 1.50 bits per heavy atom. The number of ether oxygens (including phenoxy) is 1. The average Bonchev–Trinajstić information content (AvgIpc) is 2.69. The molecule has 1 amide bonds. The van der Waals surface area contributed by atoms with E-state index in [-0.39, 0.29) is 5.91 Å². The molecule has 3 aromatic carbocycles. The first-order valence-corrected chi connectivity index (χ1v) is 8.58. The zero-order valence-electron chi connectivity index (χ0n) is 14.7. The van der Waals surface area contributed by atoms with Crippen LogP contribution in [0.3, 0.4) is 0 Å². The van der Waals surface area contributed by atoms with Gasteiger partial charge in [0.1, 0.15) is 5.75 Å². The summed E-state index contributed by atoms with van der Waals surface area (Å²) < 4.78 is 5.34. The van der Waals surface area contributed by atoms with Crippen LogP contribution in [-0.2, 0) is 11.2 Å². The van der Waals surface area contributed by atoms with Crippen molar-refractivity contribution in [3.63, 3.8) is 0 Å². The highest BCUT2D eigenvalue weighted by Gasteiger charge is 2.05. The van der Waals surface area contributed by atoms with Gasteiger partial charge in [-0.05, 0) is 48.4 Å². The lowest BCUT2D eigenvalue weighted by atomic mass is 10.1. The third-order valence-electron chi connectivity index (χ3n) is 4.04. The number of benzene rings is 3. The molecule has 0 aromatic heterocycles. The van der Waals surface area contributed by atoms with Crippen molar-refractivity contribution in [2.75, 3.05) is 17.7 Å². The maximum Gasteiger partial charge on any atom is 0.224 e. The number of nitrogens with one attached hydrogen (secondary N) is 2. The number of carbonyl (C=O) groups excluding carboxylic acids is 1.